The van der Waals surface area contributed by atoms with Crippen LogP contribution in [0.25, 0.3) is 0 Å². The topological polar surface area (TPSA) is 41.0 Å². The van der Waals surface area contributed by atoms with Crippen LogP contribution >= 0.6 is 0 Å². The van der Waals surface area contributed by atoms with Gasteiger partial charge in [0.1, 0.15) is 17.5 Å². The molecule has 0 atom stereocenters. The molecular formula is C14H22N4. The molecule has 2 heterocycles. The zero-order chi connectivity index (χ0) is 12.8. The lowest BCUT2D eigenvalue weighted by molar-refractivity contribution is 0.726. The molecule has 1 aromatic rings. The third-order valence-electron chi connectivity index (χ3n) is 3.18. The van der Waals surface area contributed by atoms with E-state index in [9.17, 15) is 0 Å². The Balaban J connectivity index is 2.14. The van der Waals surface area contributed by atoms with Gasteiger partial charge in [0.2, 0.25) is 0 Å². The number of anilines is 2. The molecular weight excluding hydrogens is 224 g/mol. The standard InChI is InChI=1S/C14H22N4/c1-3-8-15-13-11-14(17-12(2)16-13)18-9-6-4-5-7-10-18/h3,11H,1,4-10H2,2H3,(H,15,16,17). The Morgan fingerprint density at radius 1 is 1.28 bits per heavy atom. The number of hydrogen-bond acceptors (Lipinski definition) is 4. The third kappa shape index (κ3) is 3.45. The van der Waals surface area contributed by atoms with Crippen molar-refractivity contribution >= 4 is 11.6 Å². The van der Waals surface area contributed by atoms with Crippen LogP contribution in [0.3, 0.4) is 0 Å². The highest BCUT2D eigenvalue weighted by Crippen LogP contribution is 2.19. The highest BCUT2D eigenvalue weighted by atomic mass is 15.2. The first-order chi connectivity index (χ1) is 8.79. The van der Waals surface area contributed by atoms with Gasteiger partial charge in [-0.2, -0.15) is 0 Å². The lowest BCUT2D eigenvalue weighted by Gasteiger charge is -2.22. The van der Waals surface area contributed by atoms with E-state index >= 15 is 0 Å². The average Bonchev–Trinajstić information content (AvgIpc) is 2.64. The number of aryl methyl sites for hydroxylation is 1. The molecule has 0 amide bonds. The van der Waals surface area contributed by atoms with Crippen LogP contribution in [0.1, 0.15) is 31.5 Å². The van der Waals surface area contributed by atoms with E-state index in [1.54, 1.807) is 0 Å². The number of aromatic nitrogens is 2. The molecule has 18 heavy (non-hydrogen) atoms. The maximum atomic E-state index is 4.56. The molecule has 98 valence electrons. The molecule has 0 aliphatic carbocycles. The molecule has 1 aliphatic rings. The molecule has 1 fully saturated rings. The number of nitrogens with zero attached hydrogens (tertiary/aromatic N) is 3. The summed E-state index contributed by atoms with van der Waals surface area (Å²) in [4.78, 5) is 11.3. The van der Waals surface area contributed by atoms with Crippen molar-refractivity contribution in [1.82, 2.24) is 9.97 Å². The van der Waals surface area contributed by atoms with Gasteiger partial charge in [0.25, 0.3) is 0 Å². The Bertz CT molecular complexity index is 395. The van der Waals surface area contributed by atoms with Gasteiger partial charge < -0.3 is 10.2 Å². The van der Waals surface area contributed by atoms with Crippen LogP contribution in [0.4, 0.5) is 11.6 Å². The van der Waals surface area contributed by atoms with Crippen molar-refractivity contribution in [1.29, 1.82) is 0 Å². The van der Waals surface area contributed by atoms with E-state index in [2.05, 4.69) is 26.8 Å². The minimum Gasteiger partial charge on any atom is -0.366 e. The molecule has 0 unspecified atom stereocenters. The first-order valence-corrected chi connectivity index (χ1v) is 6.75. The molecule has 0 bridgehead atoms. The molecule has 0 aromatic carbocycles. The van der Waals surface area contributed by atoms with E-state index in [4.69, 9.17) is 0 Å². The number of hydrogen-bond donors (Lipinski definition) is 1. The number of nitrogens with one attached hydrogen (secondary N) is 1. The third-order valence-corrected chi connectivity index (χ3v) is 3.18. The SMILES string of the molecule is C=CCNc1cc(N2CCCCCC2)nc(C)n1. The highest BCUT2D eigenvalue weighted by Gasteiger charge is 2.12. The second kappa shape index (κ2) is 6.38. The molecule has 4 heteroatoms. The lowest BCUT2D eigenvalue weighted by atomic mass is 10.2. The maximum absolute atomic E-state index is 4.56. The van der Waals surface area contributed by atoms with Crippen LogP contribution in [0.2, 0.25) is 0 Å². The molecule has 0 radical (unpaired) electrons. The fourth-order valence-corrected chi connectivity index (χ4v) is 2.28. The summed E-state index contributed by atoms with van der Waals surface area (Å²) in [5, 5.41) is 3.23. The smallest absolute Gasteiger partial charge is 0.134 e. The zero-order valence-electron chi connectivity index (χ0n) is 11.2. The Labute approximate surface area is 109 Å². The van der Waals surface area contributed by atoms with Gasteiger partial charge >= 0.3 is 0 Å². The van der Waals surface area contributed by atoms with Crippen molar-refractivity contribution < 1.29 is 0 Å². The van der Waals surface area contributed by atoms with E-state index in [0.717, 1.165) is 37.1 Å². The van der Waals surface area contributed by atoms with Crippen molar-refractivity contribution in [2.24, 2.45) is 0 Å². The average molecular weight is 246 g/mol. The molecule has 1 aromatic heterocycles. The van der Waals surface area contributed by atoms with Gasteiger partial charge in [-0.1, -0.05) is 18.9 Å². The molecule has 0 saturated carbocycles. The molecule has 2 rings (SSSR count). The summed E-state index contributed by atoms with van der Waals surface area (Å²) in [5.41, 5.74) is 0. The van der Waals surface area contributed by atoms with Gasteiger partial charge in [0.05, 0.1) is 0 Å². The fraction of sp³-hybridized carbons (Fsp3) is 0.571. The van der Waals surface area contributed by atoms with E-state index in [1.165, 1.54) is 25.7 Å². The summed E-state index contributed by atoms with van der Waals surface area (Å²) < 4.78 is 0. The summed E-state index contributed by atoms with van der Waals surface area (Å²) >= 11 is 0. The Kier molecular flexibility index (Phi) is 4.56. The van der Waals surface area contributed by atoms with Gasteiger partial charge in [-0.05, 0) is 19.8 Å². The van der Waals surface area contributed by atoms with Gasteiger partial charge in [-0.15, -0.1) is 6.58 Å². The summed E-state index contributed by atoms with van der Waals surface area (Å²) in [6.45, 7) is 8.60. The normalized spacial score (nSPS) is 16.2. The quantitative estimate of drug-likeness (QED) is 0.829. The fourth-order valence-electron chi connectivity index (χ4n) is 2.28. The lowest BCUT2D eigenvalue weighted by Crippen LogP contribution is -2.25. The van der Waals surface area contributed by atoms with Gasteiger partial charge in [-0.3, -0.25) is 0 Å². The highest BCUT2D eigenvalue weighted by molar-refractivity contribution is 5.49. The molecule has 0 spiro atoms. The molecule has 1 saturated heterocycles. The van der Waals surface area contributed by atoms with Crippen LogP contribution in [0.5, 0.6) is 0 Å². The number of rotatable bonds is 4. The van der Waals surface area contributed by atoms with Crippen LogP contribution in [-0.2, 0) is 0 Å². The first kappa shape index (κ1) is 12.9. The van der Waals surface area contributed by atoms with Crippen molar-refractivity contribution in [3.63, 3.8) is 0 Å². The Hall–Kier alpha value is -1.58. The van der Waals surface area contributed by atoms with E-state index in [-0.39, 0.29) is 0 Å². The summed E-state index contributed by atoms with van der Waals surface area (Å²) in [7, 11) is 0. The van der Waals surface area contributed by atoms with Gasteiger partial charge in [0, 0.05) is 25.7 Å². The Morgan fingerprint density at radius 3 is 2.67 bits per heavy atom. The predicted molar refractivity (Wildman–Crippen MR) is 76.1 cm³/mol. The monoisotopic (exact) mass is 246 g/mol. The Morgan fingerprint density at radius 2 is 2.00 bits per heavy atom. The minimum absolute atomic E-state index is 0.732. The van der Waals surface area contributed by atoms with Crippen molar-refractivity contribution in [2.75, 3.05) is 29.9 Å². The van der Waals surface area contributed by atoms with Crippen LogP contribution in [0, 0.1) is 6.92 Å². The summed E-state index contributed by atoms with van der Waals surface area (Å²) in [5.74, 6) is 2.76. The van der Waals surface area contributed by atoms with Crippen LogP contribution < -0.4 is 10.2 Å². The maximum Gasteiger partial charge on any atom is 0.134 e. The van der Waals surface area contributed by atoms with E-state index in [1.807, 2.05) is 19.1 Å². The molecule has 4 nitrogen and oxygen atoms in total. The second-order valence-corrected chi connectivity index (χ2v) is 4.73. The van der Waals surface area contributed by atoms with E-state index in [0.29, 0.717) is 0 Å². The minimum atomic E-state index is 0.732. The largest absolute Gasteiger partial charge is 0.366 e. The van der Waals surface area contributed by atoms with Crippen molar-refractivity contribution in [3.8, 4) is 0 Å². The summed E-state index contributed by atoms with van der Waals surface area (Å²) in [6.07, 6.45) is 7.03. The van der Waals surface area contributed by atoms with Gasteiger partial charge in [-0.25, -0.2) is 9.97 Å². The van der Waals surface area contributed by atoms with Crippen LogP contribution in [-0.4, -0.2) is 29.6 Å². The zero-order valence-corrected chi connectivity index (χ0v) is 11.2. The van der Waals surface area contributed by atoms with Crippen LogP contribution in [0.15, 0.2) is 18.7 Å². The molecule has 1 aliphatic heterocycles. The van der Waals surface area contributed by atoms with Crippen molar-refractivity contribution in [3.05, 3.63) is 24.5 Å². The second-order valence-electron chi connectivity index (χ2n) is 4.73. The first-order valence-electron chi connectivity index (χ1n) is 6.75. The van der Waals surface area contributed by atoms with Crippen molar-refractivity contribution in [2.45, 2.75) is 32.6 Å². The van der Waals surface area contributed by atoms with Gasteiger partial charge in [0.15, 0.2) is 0 Å². The predicted octanol–water partition coefficient (Wildman–Crippen LogP) is 2.76. The summed E-state index contributed by atoms with van der Waals surface area (Å²) in [6, 6.07) is 2.04. The van der Waals surface area contributed by atoms with E-state index < -0.39 is 0 Å². The molecule has 1 N–H and O–H groups in total.